The van der Waals surface area contributed by atoms with Crippen LogP contribution in [-0.4, -0.2) is 22.2 Å². The third-order valence-electron chi connectivity index (χ3n) is 1.99. The molecule has 0 spiro atoms. The van der Waals surface area contributed by atoms with Crippen molar-refractivity contribution < 1.29 is 5.11 Å². The fourth-order valence-electron chi connectivity index (χ4n) is 1.26. The normalized spacial score (nSPS) is 14.2. The van der Waals surface area contributed by atoms with E-state index < -0.39 is 0 Å². The molecular formula is C10H17ClN2O. The topological polar surface area (TPSA) is 59.1 Å². The van der Waals surface area contributed by atoms with Gasteiger partial charge in [-0.3, -0.25) is 4.98 Å². The van der Waals surface area contributed by atoms with E-state index in [1.165, 1.54) is 0 Å². The summed E-state index contributed by atoms with van der Waals surface area (Å²) in [7, 11) is 0. The van der Waals surface area contributed by atoms with Crippen LogP contribution >= 0.6 is 12.4 Å². The molecule has 0 aliphatic carbocycles. The lowest BCUT2D eigenvalue weighted by Crippen LogP contribution is -2.39. The van der Waals surface area contributed by atoms with Gasteiger partial charge in [-0.1, -0.05) is 6.07 Å². The van der Waals surface area contributed by atoms with Crippen molar-refractivity contribution in [2.24, 2.45) is 5.73 Å². The Kier molecular flexibility index (Phi) is 5.69. The van der Waals surface area contributed by atoms with Crippen LogP contribution in [0.25, 0.3) is 0 Å². The second-order valence-electron chi connectivity index (χ2n) is 3.63. The molecule has 3 nitrogen and oxygen atoms in total. The highest BCUT2D eigenvalue weighted by atomic mass is 35.5. The molecule has 1 aromatic heterocycles. The van der Waals surface area contributed by atoms with E-state index in [9.17, 15) is 0 Å². The summed E-state index contributed by atoms with van der Waals surface area (Å²) in [5, 5.41) is 8.78. The van der Waals surface area contributed by atoms with E-state index >= 15 is 0 Å². The molecule has 1 aromatic rings. The van der Waals surface area contributed by atoms with Gasteiger partial charge in [-0.05, 0) is 25.5 Å². The number of aliphatic hydroxyl groups is 1. The summed E-state index contributed by atoms with van der Waals surface area (Å²) in [4.78, 5) is 4.18. The number of pyridine rings is 1. The zero-order valence-corrected chi connectivity index (χ0v) is 9.13. The number of nitrogens with two attached hydrogens (primary N) is 1. The predicted molar refractivity (Wildman–Crippen MR) is 59.5 cm³/mol. The molecule has 0 radical (unpaired) electrons. The molecule has 0 aliphatic heterocycles. The maximum Gasteiger partial charge on any atom is 0.0448 e. The van der Waals surface area contributed by atoms with E-state index in [0.29, 0.717) is 12.8 Å². The van der Waals surface area contributed by atoms with Gasteiger partial charge in [-0.15, -0.1) is 12.4 Å². The highest BCUT2D eigenvalue weighted by Gasteiger charge is 2.18. The average molecular weight is 217 g/mol. The molecule has 0 aromatic carbocycles. The van der Waals surface area contributed by atoms with Gasteiger partial charge in [0, 0.05) is 30.5 Å². The number of hydrogen-bond acceptors (Lipinski definition) is 3. The van der Waals surface area contributed by atoms with Gasteiger partial charge in [0.1, 0.15) is 0 Å². The van der Waals surface area contributed by atoms with Crippen LogP contribution in [0.5, 0.6) is 0 Å². The maximum absolute atomic E-state index is 8.78. The Morgan fingerprint density at radius 1 is 1.50 bits per heavy atom. The van der Waals surface area contributed by atoms with Gasteiger partial charge in [0.05, 0.1) is 0 Å². The molecule has 0 unspecified atom stereocenters. The molecule has 0 saturated heterocycles. The number of hydrogen-bond donors (Lipinski definition) is 2. The summed E-state index contributed by atoms with van der Waals surface area (Å²) in [5.74, 6) is 0. The first-order valence-corrected chi connectivity index (χ1v) is 4.44. The minimum Gasteiger partial charge on any atom is -0.396 e. The molecule has 0 saturated carbocycles. The van der Waals surface area contributed by atoms with E-state index in [1.54, 1.807) is 6.20 Å². The molecule has 0 bridgehead atoms. The van der Waals surface area contributed by atoms with E-state index in [-0.39, 0.29) is 24.6 Å². The minimum absolute atomic E-state index is 0. The Morgan fingerprint density at radius 3 is 2.71 bits per heavy atom. The van der Waals surface area contributed by atoms with Crippen molar-refractivity contribution in [2.45, 2.75) is 25.3 Å². The molecule has 0 fully saturated rings. The Bertz CT molecular complexity index is 252. The third kappa shape index (κ3) is 4.56. The van der Waals surface area contributed by atoms with Crippen molar-refractivity contribution in [2.75, 3.05) is 6.61 Å². The molecule has 0 aliphatic rings. The summed E-state index contributed by atoms with van der Waals surface area (Å²) >= 11 is 0. The SMILES string of the molecule is C[C@@](N)(CCO)Cc1ccccn1.Cl. The quantitative estimate of drug-likeness (QED) is 0.794. The Morgan fingerprint density at radius 2 is 2.21 bits per heavy atom. The van der Waals surface area contributed by atoms with Crippen LogP contribution in [0.3, 0.4) is 0 Å². The molecule has 80 valence electrons. The Labute approximate surface area is 90.8 Å². The highest BCUT2D eigenvalue weighted by Crippen LogP contribution is 2.11. The molecule has 3 N–H and O–H groups in total. The number of nitrogens with zero attached hydrogens (tertiary/aromatic N) is 1. The summed E-state index contributed by atoms with van der Waals surface area (Å²) in [6, 6.07) is 5.77. The van der Waals surface area contributed by atoms with Crippen molar-refractivity contribution in [3.63, 3.8) is 0 Å². The molecular weight excluding hydrogens is 200 g/mol. The van der Waals surface area contributed by atoms with Crippen LogP contribution in [0.1, 0.15) is 19.0 Å². The van der Waals surface area contributed by atoms with Crippen LogP contribution in [-0.2, 0) is 6.42 Å². The third-order valence-corrected chi connectivity index (χ3v) is 1.99. The summed E-state index contributed by atoms with van der Waals surface area (Å²) in [6.07, 6.45) is 3.06. The summed E-state index contributed by atoms with van der Waals surface area (Å²) in [6.45, 7) is 2.05. The van der Waals surface area contributed by atoms with Gasteiger partial charge in [0.15, 0.2) is 0 Å². The largest absolute Gasteiger partial charge is 0.396 e. The monoisotopic (exact) mass is 216 g/mol. The van der Waals surface area contributed by atoms with Crippen molar-refractivity contribution >= 4 is 12.4 Å². The summed E-state index contributed by atoms with van der Waals surface area (Å²) < 4.78 is 0. The van der Waals surface area contributed by atoms with E-state index in [1.807, 2.05) is 25.1 Å². The molecule has 1 atom stereocenters. The smallest absolute Gasteiger partial charge is 0.0448 e. The van der Waals surface area contributed by atoms with Crippen molar-refractivity contribution in [1.82, 2.24) is 4.98 Å². The lowest BCUT2D eigenvalue weighted by atomic mass is 9.93. The van der Waals surface area contributed by atoms with Gasteiger partial charge in [-0.2, -0.15) is 0 Å². The number of rotatable bonds is 4. The molecule has 0 amide bonds. The highest BCUT2D eigenvalue weighted by molar-refractivity contribution is 5.85. The van der Waals surface area contributed by atoms with Crippen LogP contribution in [0.2, 0.25) is 0 Å². The Balaban J connectivity index is 0.00000169. The standard InChI is InChI=1S/C10H16N2O.ClH/c1-10(11,5-7-13)8-9-4-2-3-6-12-9;/h2-4,6,13H,5,7-8,11H2,1H3;1H/t10-;/m1./s1. The zero-order chi connectivity index (χ0) is 9.73. The van der Waals surface area contributed by atoms with Crippen molar-refractivity contribution in [3.8, 4) is 0 Å². The Hall–Kier alpha value is -0.640. The van der Waals surface area contributed by atoms with Crippen LogP contribution < -0.4 is 5.73 Å². The number of halogens is 1. The molecule has 1 heterocycles. The second kappa shape index (κ2) is 5.96. The summed E-state index contributed by atoms with van der Waals surface area (Å²) in [5.41, 5.74) is 6.57. The first kappa shape index (κ1) is 13.4. The first-order chi connectivity index (χ1) is 6.14. The van der Waals surface area contributed by atoms with Crippen molar-refractivity contribution in [3.05, 3.63) is 30.1 Å². The molecule has 4 heteroatoms. The van der Waals surface area contributed by atoms with E-state index in [2.05, 4.69) is 4.98 Å². The number of aromatic nitrogens is 1. The van der Waals surface area contributed by atoms with E-state index in [0.717, 1.165) is 5.69 Å². The van der Waals surface area contributed by atoms with Crippen molar-refractivity contribution in [1.29, 1.82) is 0 Å². The molecule has 14 heavy (non-hydrogen) atoms. The van der Waals surface area contributed by atoms with Crippen LogP contribution in [0, 0.1) is 0 Å². The zero-order valence-electron chi connectivity index (χ0n) is 8.31. The van der Waals surface area contributed by atoms with Gasteiger partial charge in [0.25, 0.3) is 0 Å². The van der Waals surface area contributed by atoms with Crippen LogP contribution in [0.4, 0.5) is 0 Å². The molecule has 1 rings (SSSR count). The van der Waals surface area contributed by atoms with Crippen LogP contribution in [0.15, 0.2) is 24.4 Å². The average Bonchev–Trinajstić information content (AvgIpc) is 2.04. The van der Waals surface area contributed by atoms with E-state index in [4.69, 9.17) is 10.8 Å². The maximum atomic E-state index is 8.78. The van der Waals surface area contributed by atoms with Gasteiger partial charge in [0.2, 0.25) is 0 Å². The fourth-order valence-corrected chi connectivity index (χ4v) is 1.26. The van der Waals surface area contributed by atoms with Gasteiger partial charge < -0.3 is 10.8 Å². The lowest BCUT2D eigenvalue weighted by Gasteiger charge is -2.22. The fraction of sp³-hybridized carbons (Fsp3) is 0.500. The van der Waals surface area contributed by atoms with Gasteiger partial charge >= 0.3 is 0 Å². The van der Waals surface area contributed by atoms with Gasteiger partial charge in [-0.25, -0.2) is 0 Å². The first-order valence-electron chi connectivity index (χ1n) is 4.44. The minimum atomic E-state index is -0.358. The predicted octanol–water partition coefficient (Wildman–Crippen LogP) is 1.15. The number of aliphatic hydroxyl groups excluding tert-OH is 1. The lowest BCUT2D eigenvalue weighted by molar-refractivity contribution is 0.245. The second-order valence-corrected chi connectivity index (χ2v) is 3.63.